The highest BCUT2D eigenvalue weighted by atomic mass is 28.3. The van der Waals surface area contributed by atoms with Crippen LogP contribution < -0.4 is 10.5 Å². The molecule has 234 valence electrons. The third kappa shape index (κ3) is 6.77. The number of allylic oxidation sites excluding steroid dienone is 4. The fraction of sp³-hybridized carbons (Fsp3) is 0.476. The molecule has 1 saturated carbocycles. The molecule has 2 aliphatic carbocycles. The Morgan fingerprint density at radius 1 is 0.614 bits per heavy atom. The summed E-state index contributed by atoms with van der Waals surface area (Å²) in [7, 11) is -1.17. The van der Waals surface area contributed by atoms with Gasteiger partial charge in [-0.1, -0.05) is 167 Å². The van der Waals surface area contributed by atoms with E-state index in [-0.39, 0.29) is 0 Å². The van der Waals surface area contributed by atoms with Crippen LogP contribution >= 0.6 is 0 Å². The van der Waals surface area contributed by atoms with E-state index < -0.39 is 14.3 Å². The summed E-state index contributed by atoms with van der Waals surface area (Å²) in [6.45, 7) is 14.5. The number of nitrogens with one attached hydrogen (secondary N) is 1. The summed E-state index contributed by atoms with van der Waals surface area (Å²) in [5.74, 6) is 0.424. The van der Waals surface area contributed by atoms with Crippen molar-refractivity contribution < 1.29 is 0 Å². The summed E-state index contributed by atoms with van der Waals surface area (Å²) in [4.78, 5) is 0. The van der Waals surface area contributed by atoms with E-state index in [9.17, 15) is 0 Å². The van der Waals surface area contributed by atoms with Gasteiger partial charge in [0.05, 0.1) is 14.3 Å². The molecular weight excluding hydrogens is 547 g/mol. The Bertz CT molecular complexity index is 1380. The van der Waals surface area contributed by atoms with Crippen LogP contribution in [0.3, 0.4) is 0 Å². The second kappa shape index (κ2) is 15.1. The molecule has 1 atom stereocenters. The smallest absolute Gasteiger partial charge is 0.0955 e. The molecule has 3 aromatic rings. The summed E-state index contributed by atoms with van der Waals surface area (Å²) in [5, 5.41) is 6.13. The predicted molar refractivity (Wildman–Crippen MR) is 196 cm³/mol. The third-order valence-corrected chi connectivity index (χ3v) is 12.7. The molecule has 5 rings (SSSR count). The van der Waals surface area contributed by atoms with Gasteiger partial charge in [0.15, 0.2) is 0 Å². The molecule has 2 aliphatic rings. The zero-order chi connectivity index (χ0) is 31.1. The van der Waals surface area contributed by atoms with Crippen LogP contribution in [-0.2, 0) is 5.54 Å². The van der Waals surface area contributed by atoms with E-state index >= 15 is 0 Å². The quantitative estimate of drug-likeness (QED) is 0.209. The summed E-state index contributed by atoms with van der Waals surface area (Å²) < 4.78 is 0. The molecule has 1 unspecified atom stereocenters. The fourth-order valence-electron chi connectivity index (χ4n) is 8.14. The van der Waals surface area contributed by atoms with Gasteiger partial charge in [0.25, 0.3) is 0 Å². The Labute approximate surface area is 270 Å². The van der Waals surface area contributed by atoms with Crippen molar-refractivity contribution in [2.24, 2.45) is 5.92 Å². The predicted octanol–water partition coefficient (Wildman–Crippen LogP) is 10.7. The molecule has 0 bridgehead atoms. The van der Waals surface area contributed by atoms with E-state index in [2.05, 4.69) is 125 Å². The van der Waals surface area contributed by atoms with Gasteiger partial charge in [-0.15, -0.1) is 0 Å². The molecule has 0 aromatic heterocycles. The van der Waals surface area contributed by atoms with E-state index in [1.807, 2.05) is 0 Å². The molecule has 0 amide bonds. The van der Waals surface area contributed by atoms with Gasteiger partial charge in [-0.05, 0) is 72.6 Å². The van der Waals surface area contributed by atoms with E-state index in [0.29, 0.717) is 12.0 Å². The highest BCUT2D eigenvalue weighted by molar-refractivity contribution is 6.71. The maximum atomic E-state index is 4.53. The van der Waals surface area contributed by atoms with Crippen molar-refractivity contribution in [3.05, 3.63) is 118 Å². The molecule has 1 fully saturated rings. The number of hydrogen-bond acceptors (Lipinski definition) is 1. The second-order valence-corrected chi connectivity index (χ2v) is 17.0. The number of rotatable bonds is 7. The molecule has 0 radical (unpaired) electrons. The van der Waals surface area contributed by atoms with E-state index in [4.69, 9.17) is 0 Å². The lowest BCUT2D eigenvalue weighted by Crippen LogP contribution is -2.51. The second-order valence-electron chi connectivity index (χ2n) is 14.1. The van der Waals surface area contributed by atoms with Crippen LogP contribution in [0.4, 0.5) is 0 Å². The van der Waals surface area contributed by atoms with Crippen molar-refractivity contribution in [1.82, 2.24) is 5.32 Å². The molecule has 1 N–H and O–H groups in total. The van der Waals surface area contributed by atoms with Crippen LogP contribution in [0.1, 0.15) is 121 Å². The van der Waals surface area contributed by atoms with Gasteiger partial charge < -0.3 is 0 Å². The molecule has 2 heteroatoms. The van der Waals surface area contributed by atoms with Gasteiger partial charge >= 0.3 is 0 Å². The van der Waals surface area contributed by atoms with Crippen molar-refractivity contribution in [2.45, 2.75) is 123 Å². The minimum Gasteiger partial charge on any atom is -0.297 e. The van der Waals surface area contributed by atoms with Gasteiger partial charge in [0.1, 0.15) is 0 Å². The average molecular weight is 604 g/mol. The summed E-state index contributed by atoms with van der Waals surface area (Å²) >= 11 is 0. The van der Waals surface area contributed by atoms with Crippen molar-refractivity contribution in [2.75, 3.05) is 0 Å². The Balaban J connectivity index is 1.78. The minimum absolute atomic E-state index is 0.424. The third-order valence-electron chi connectivity index (χ3n) is 11.0. The van der Waals surface area contributed by atoms with E-state index in [0.717, 1.165) is 0 Å². The SMILES string of the molecule is CC1=C(C)C(C)C(c2c([SiH](C)C)cccc2C(NC2CCCCCCCCCCC2)(c2ccccc2)c2ccccc2)=C1C. The number of hydrogen-bond donors (Lipinski definition) is 1. The van der Waals surface area contributed by atoms with Crippen LogP contribution in [0, 0.1) is 5.92 Å². The van der Waals surface area contributed by atoms with Gasteiger partial charge in [0, 0.05) is 12.0 Å². The van der Waals surface area contributed by atoms with Crippen LogP contribution in [-0.4, -0.2) is 14.8 Å². The van der Waals surface area contributed by atoms with Crippen LogP contribution in [0.2, 0.25) is 13.1 Å². The standard InChI is InChI=1S/C42H57NSi/c1-31-32(2)34(4)40(33(31)3)41-38(29-22-30-39(41)44(5)6)42(35-23-16-14-17-24-35,36-25-18-15-19-26-36)43-37-27-20-12-10-8-7-9-11-13-21-28-37/h14-19,22-26,29-30,33,37,43-44H,7-13,20-21,27-28H2,1-6H3. The molecule has 0 heterocycles. The molecular formula is C42H57NSi. The van der Waals surface area contributed by atoms with Crippen molar-refractivity contribution in [1.29, 1.82) is 0 Å². The molecule has 0 saturated heterocycles. The average Bonchev–Trinajstić information content (AvgIpc) is 3.23. The van der Waals surface area contributed by atoms with E-state index in [1.54, 1.807) is 10.8 Å². The Morgan fingerprint density at radius 3 is 1.57 bits per heavy atom. The van der Waals surface area contributed by atoms with Crippen LogP contribution in [0.5, 0.6) is 0 Å². The lowest BCUT2D eigenvalue weighted by atomic mass is 9.72. The first-order valence-corrected chi connectivity index (χ1v) is 20.7. The van der Waals surface area contributed by atoms with Gasteiger partial charge in [-0.25, -0.2) is 0 Å². The first-order chi connectivity index (χ1) is 21.4. The molecule has 3 aromatic carbocycles. The highest BCUT2D eigenvalue weighted by Crippen LogP contribution is 2.47. The minimum atomic E-state index is -1.17. The van der Waals surface area contributed by atoms with Gasteiger partial charge in [-0.3, -0.25) is 5.32 Å². The lowest BCUT2D eigenvalue weighted by Gasteiger charge is -2.43. The molecule has 0 spiro atoms. The van der Waals surface area contributed by atoms with Crippen LogP contribution in [0.15, 0.2) is 95.6 Å². The number of benzene rings is 3. The van der Waals surface area contributed by atoms with Crippen molar-refractivity contribution >= 4 is 19.6 Å². The largest absolute Gasteiger partial charge is 0.297 e. The molecule has 0 aliphatic heterocycles. The van der Waals surface area contributed by atoms with Crippen molar-refractivity contribution in [3.63, 3.8) is 0 Å². The molecule has 1 nitrogen and oxygen atoms in total. The zero-order valence-corrected chi connectivity index (χ0v) is 29.7. The summed E-state index contributed by atoms with van der Waals surface area (Å²) in [5.41, 5.74) is 11.3. The first kappa shape index (κ1) is 32.7. The topological polar surface area (TPSA) is 12.0 Å². The monoisotopic (exact) mass is 603 g/mol. The maximum absolute atomic E-state index is 4.53. The zero-order valence-electron chi connectivity index (χ0n) is 28.5. The van der Waals surface area contributed by atoms with Gasteiger partial charge in [-0.2, -0.15) is 0 Å². The Hall–Kier alpha value is -2.68. The summed E-state index contributed by atoms with van der Waals surface area (Å²) in [6, 6.07) is 30.6. The first-order valence-electron chi connectivity index (χ1n) is 17.8. The Kier molecular flexibility index (Phi) is 11.2. The fourth-order valence-corrected chi connectivity index (χ4v) is 9.53. The molecule has 44 heavy (non-hydrogen) atoms. The van der Waals surface area contributed by atoms with Gasteiger partial charge in [0.2, 0.25) is 0 Å². The summed E-state index contributed by atoms with van der Waals surface area (Å²) in [6.07, 6.45) is 14.8. The van der Waals surface area contributed by atoms with Crippen LogP contribution in [0.25, 0.3) is 5.57 Å². The van der Waals surface area contributed by atoms with E-state index in [1.165, 1.54) is 110 Å². The normalized spacial score (nSPS) is 19.8. The maximum Gasteiger partial charge on any atom is 0.0955 e. The van der Waals surface area contributed by atoms with Crippen molar-refractivity contribution in [3.8, 4) is 0 Å². The Morgan fingerprint density at radius 2 is 1.11 bits per heavy atom. The lowest BCUT2D eigenvalue weighted by molar-refractivity contribution is 0.336. The highest BCUT2D eigenvalue weighted by Gasteiger charge is 2.42.